The zero-order valence-electron chi connectivity index (χ0n) is 16.5. The van der Waals surface area contributed by atoms with Crippen molar-refractivity contribution in [1.29, 1.82) is 0 Å². The number of rotatable bonds is 7. The highest BCUT2D eigenvalue weighted by atomic mass is 32.2. The molecule has 0 spiro atoms. The molecular weight excluding hydrogens is 396 g/mol. The van der Waals surface area contributed by atoms with Crippen LogP contribution in [0.1, 0.15) is 40.0 Å². The Morgan fingerprint density at radius 1 is 1.29 bits per heavy atom. The number of ether oxygens (including phenoxy) is 1. The van der Waals surface area contributed by atoms with Gasteiger partial charge < -0.3 is 14.2 Å². The maximum Gasteiger partial charge on any atom is 0.316 e. The van der Waals surface area contributed by atoms with Crippen LogP contribution in [0.4, 0.5) is 0 Å². The lowest BCUT2D eigenvalue weighted by Crippen LogP contribution is -2.49. The molecule has 0 saturated carbocycles. The van der Waals surface area contributed by atoms with Gasteiger partial charge in [0.15, 0.2) is 17.6 Å². The Bertz CT molecular complexity index is 796. The topological polar surface area (TPSA) is 77.3 Å². The molecule has 1 aliphatic rings. The molecule has 0 aliphatic carbocycles. The Morgan fingerprint density at radius 3 is 2.68 bits per heavy atom. The summed E-state index contributed by atoms with van der Waals surface area (Å²) in [5.41, 5.74) is 0. The average molecular weight is 423 g/mol. The van der Waals surface area contributed by atoms with Gasteiger partial charge >= 0.3 is 5.97 Å². The van der Waals surface area contributed by atoms with Gasteiger partial charge in [0, 0.05) is 18.6 Å². The van der Waals surface area contributed by atoms with E-state index in [2.05, 4.69) is 10.2 Å². The quantitative estimate of drug-likeness (QED) is 0.502. The lowest BCUT2D eigenvalue weighted by Gasteiger charge is -2.38. The van der Waals surface area contributed by atoms with E-state index in [1.165, 1.54) is 11.8 Å². The van der Waals surface area contributed by atoms with Crippen LogP contribution in [-0.2, 0) is 20.9 Å². The molecular formula is C19H26N4O3S2. The summed E-state index contributed by atoms with van der Waals surface area (Å²) in [5.74, 6) is 0.367. The van der Waals surface area contributed by atoms with Gasteiger partial charge in [-0.25, -0.2) is 0 Å². The van der Waals surface area contributed by atoms with Crippen LogP contribution in [0.5, 0.6) is 0 Å². The summed E-state index contributed by atoms with van der Waals surface area (Å²) in [6.07, 6.45) is 3.13. The van der Waals surface area contributed by atoms with Crippen LogP contribution in [0.2, 0.25) is 0 Å². The molecule has 2 aromatic heterocycles. The van der Waals surface area contributed by atoms with Gasteiger partial charge in [0.25, 0.3) is 5.91 Å². The van der Waals surface area contributed by atoms with Gasteiger partial charge in [-0.05, 0) is 51.5 Å². The third-order valence-corrected chi connectivity index (χ3v) is 6.74. The molecule has 3 rings (SSSR count). The second-order valence-corrected chi connectivity index (χ2v) is 8.80. The highest BCUT2D eigenvalue weighted by molar-refractivity contribution is 7.99. The molecule has 2 unspecified atom stereocenters. The summed E-state index contributed by atoms with van der Waals surface area (Å²) >= 11 is 2.88. The number of aromatic nitrogens is 3. The van der Waals surface area contributed by atoms with E-state index in [0.717, 1.165) is 30.0 Å². The Morgan fingerprint density at radius 2 is 2.04 bits per heavy atom. The molecule has 1 amide bonds. The van der Waals surface area contributed by atoms with Gasteiger partial charge in [-0.3, -0.25) is 9.59 Å². The molecule has 0 radical (unpaired) electrons. The maximum atomic E-state index is 12.4. The predicted octanol–water partition coefficient (Wildman–Crippen LogP) is 3.45. The Hall–Kier alpha value is -1.87. The second kappa shape index (κ2) is 9.56. The molecule has 0 bridgehead atoms. The van der Waals surface area contributed by atoms with Crippen molar-refractivity contribution in [3.05, 3.63) is 17.5 Å². The summed E-state index contributed by atoms with van der Waals surface area (Å²) in [5, 5.41) is 11.1. The number of carbonyl (C=O) groups excluding carboxylic acids is 2. The summed E-state index contributed by atoms with van der Waals surface area (Å²) in [6.45, 7) is 6.63. The van der Waals surface area contributed by atoms with Crippen molar-refractivity contribution in [2.45, 2.75) is 63.8 Å². The lowest BCUT2D eigenvalue weighted by atomic mass is 9.97. The maximum absolute atomic E-state index is 12.4. The van der Waals surface area contributed by atoms with E-state index < -0.39 is 5.97 Å². The van der Waals surface area contributed by atoms with Crippen molar-refractivity contribution in [2.24, 2.45) is 0 Å². The Balaban J connectivity index is 1.51. The molecule has 0 aromatic carbocycles. The molecule has 1 saturated heterocycles. The second-order valence-electron chi connectivity index (χ2n) is 6.91. The van der Waals surface area contributed by atoms with E-state index in [-0.39, 0.29) is 30.4 Å². The summed E-state index contributed by atoms with van der Waals surface area (Å²) in [6, 6.07) is 4.36. The van der Waals surface area contributed by atoms with Crippen molar-refractivity contribution >= 4 is 35.0 Å². The fourth-order valence-corrected chi connectivity index (χ4v) is 5.08. The van der Waals surface area contributed by atoms with Crippen LogP contribution in [0.15, 0.2) is 22.7 Å². The molecule has 2 atom stereocenters. The average Bonchev–Trinajstić information content (AvgIpc) is 3.33. The van der Waals surface area contributed by atoms with Crippen molar-refractivity contribution in [2.75, 3.05) is 12.4 Å². The third-order valence-electron chi connectivity index (χ3n) is 4.93. The van der Waals surface area contributed by atoms with Crippen molar-refractivity contribution in [3.63, 3.8) is 0 Å². The van der Waals surface area contributed by atoms with Gasteiger partial charge in [0.2, 0.25) is 0 Å². The SMILES string of the molecule is CCn1c(SCC(=O)OCC(=O)N2C(C)CCCC2C)nnc1-c1cccs1. The fourth-order valence-electron chi connectivity index (χ4n) is 3.56. The van der Waals surface area contributed by atoms with Crippen LogP contribution in [0, 0.1) is 0 Å². The monoisotopic (exact) mass is 422 g/mol. The minimum atomic E-state index is -0.418. The number of nitrogens with zero attached hydrogens (tertiary/aromatic N) is 4. The predicted molar refractivity (Wildman–Crippen MR) is 110 cm³/mol. The molecule has 2 aromatic rings. The van der Waals surface area contributed by atoms with E-state index in [1.54, 1.807) is 11.3 Å². The fraction of sp³-hybridized carbons (Fsp3) is 0.579. The van der Waals surface area contributed by atoms with Crippen LogP contribution in [-0.4, -0.2) is 56.0 Å². The highest BCUT2D eigenvalue weighted by Crippen LogP contribution is 2.27. The molecule has 3 heterocycles. The van der Waals surface area contributed by atoms with E-state index in [0.29, 0.717) is 11.7 Å². The smallest absolute Gasteiger partial charge is 0.316 e. The van der Waals surface area contributed by atoms with Crippen LogP contribution >= 0.6 is 23.1 Å². The first kappa shape index (κ1) is 20.9. The number of hydrogen-bond donors (Lipinski definition) is 0. The van der Waals surface area contributed by atoms with Crippen molar-refractivity contribution in [1.82, 2.24) is 19.7 Å². The van der Waals surface area contributed by atoms with Crippen molar-refractivity contribution in [3.8, 4) is 10.7 Å². The number of piperidine rings is 1. The zero-order chi connectivity index (χ0) is 20.1. The normalized spacial score (nSPS) is 19.6. The molecule has 7 nitrogen and oxygen atoms in total. The number of thiophene rings is 1. The zero-order valence-corrected chi connectivity index (χ0v) is 18.1. The van der Waals surface area contributed by atoms with E-state index in [9.17, 15) is 9.59 Å². The highest BCUT2D eigenvalue weighted by Gasteiger charge is 2.29. The number of amides is 1. The van der Waals surface area contributed by atoms with Gasteiger partial charge in [0.1, 0.15) is 0 Å². The van der Waals surface area contributed by atoms with Crippen LogP contribution in [0.3, 0.4) is 0 Å². The van der Waals surface area contributed by atoms with Crippen LogP contribution in [0.25, 0.3) is 10.7 Å². The number of esters is 1. The molecule has 1 fully saturated rings. The number of likely N-dealkylation sites (tertiary alicyclic amines) is 1. The van der Waals surface area contributed by atoms with Crippen molar-refractivity contribution < 1.29 is 14.3 Å². The number of thioether (sulfide) groups is 1. The Kier molecular flexibility index (Phi) is 7.12. The molecule has 1 aliphatic heterocycles. The molecule has 9 heteroatoms. The third kappa shape index (κ3) is 4.75. The van der Waals surface area contributed by atoms with E-state index >= 15 is 0 Å². The largest absolute Gasteiger partial charge is 0.455 e. The molecule has 28 heavy (non-hydrogen) atoms. The summed E-state index contributed by atoms with van der Waals surface area (Å²) in [4.78, 5) is 27.5. The lowest BCUT2D eigenvalue weighted by molar-refractivity contribution is -0.153. The Labute approximate surface area is 173 Å². The molecule has 0 N–H and O–H groups in total. The standard InChI is InChI=1S/C19H26N4O3S2/c1-4-22-18(15-9-6-10-27-15)20-21-19(22)28-12-17(25)26-11-16(24)23-13(2)7-5-8-14(23)3/h6,9-10,13-14H,4-5,7-8,11-12H2,1-3H3. The first-order valence-electron chi connectivity index (χ1n) is 9.58. The van der Waals surface area contributed by atoms with Gasteiger partial charge in [0.05, 0.1) is 10.6 Å². The molecule has 152 valence electrons. The minimum Gasteiger partial charge on any atom is -0.455 e. The van der Waals surface area contributed by atoms with Gasteiger partial charge in [-0.1, -0.05) is 17.8 Å². The van der Waals surface area contributed by atoms with E-state index in [1.807, 2.05) is 47.8 Å². The summed E-state index contributed by atoms with van der Waals surface area (Å²) in [7, 11) is 0. The van der Waals surface area contributed by atoms with Gasteiger partial charge in [-0.15, -0.1) is 21.5 Å². The summed E-state index contributed by atoms with van der Waals surface area (Å²) < 4.78 is 7.20. The van der Waals surface area contributed by atoms with Crippen LogP contribution < -0.4 is 0 Å². The van der Waals surface area contributed by atoms with Gasteiger partial charge in [-0.2, -0.15) is 0 Å². The number of carbonyl (C=O) groups is 2. The first-order chi connectivity index (χ1) is 13.5. The number of hydrogen-bond acceptors (Lipinski definition) is 7. The van der Waals surface area contributed by atoms with E-state index in [4.69, 9.17) is 4.74 Å². The first-order valence-corrected chi connectivity index (χ1v) is 11.4. The minimum absolute atomic E-state index is 0.0982.